The Labute approximate surface area is 153 Å². The average Bonchev–Trinajstić information content (AvgIpc) is 2.89. The van der Waals surface area contributed by atoms with Crippen LogP contribution >= 0.6 is 15.9 Å². The summed E-state index contributed by atoms with van der Waals surface area (Å²) in [7, 11) is 0. The second kappa shape index (κ2) is 7.19. The van der Waals surface area contributed by atoms with E-state index in [1.807, 2.05) is 18.2 Å². The molecule has 0 atom stereocenters. The first-order valence-electron chi connectivity index (χ1n) is 7.90. The third-order valence-corrected chi connectivity index (χ3v) is 4.85. The van der Waals surface area contributed by atoms with Gasteiger partial charge in [-0.05, 0) is 35.2 Å². The molecule has 0 aromatic heterocycles. The Morgan fingerprint density at radius 1 is 1.12 bits per heavy atom. The van der Waals surface area contributed by atoms with Crippen molar-refractivity contribution in [3.63, 3.8) is 0 Å². The lowest BCUT2D eigenvalue weighted by Gasteiger charge is -2.09. The van der Waals surface area contributed by atoms with Crippen molar-refractivity contribution in [1.82, 2.24) is 5.32 Å². The number of halogens is 1. The quantitative estimate of drug-likeness (QED) is 0.616. The number of carbonyl (C=O) groups is 3. The van der Waals surface area contributed by atoms with Gasteiger partial charge in [0.25, 0.3) is 11.8 Å². The molecule has 3 rings (SSSR count). The van der Waals surface area contributed by atoms with Crippen LogP contribution in [0.4, 0.5) is 0 Å². The molecular weight excluding hydrogens is 386 g/mol. The molecule has 1 N–H and O–H groups in total. The first kappa shape index (κ1) is 17.4. The molecule has 1 aliphatic heterocycles. The molecule has 5 nitrogen and oxygen atoms in total. The van der Waals surface area contributed by atoms with Gasteiger partial charge in [0.15, 0.2) is 0 Å². The lowest BCUT2D eigenvalue weighted by Crippen LogP contribution is -2.20. The average molecular weight is 402 g/mol. The van der Waals surface area contributed by atoms with E-state index in [1.54, 1.807) is 18.2 Å². The molecule has 0 bridgehead atoms. The van der Waals surface area contributed by atoms with Crippen LogP contribution in [-0.2, 0) is 29.0 Å². The van der Waals surface area contributed by atoms with Gasteiger partial charge in [0, 0.05) is 4.47 Å². The van der Waals surface area contributed by atoms with Crippen molar-refractivity contribution in [2.75, 3.05) is 0 Å². The lowest BCUT2D eigenvalue weighted by molar-refractivity contribution is -0.144. The van der Waals surface area contributed by atoms with Crippen molar-refractivity contribution in [3.05, 3.63) is 68.7 Å². The molecule has 6 heteroatoms. The molecule has 2 aromatic carbocycles. The smallest absolute Gasteiger partial charge is 0.310 e. The van der Waals surface area contributed by atoms with Crippen LogP contribution in [0, 0.1) is 0 Å². The molecule has 0 radical (unpaired) electrons. The number of rotatable bonds is 5. The van der Waals surface area contributed by atoms with Gasteiger partial charge in [-0.25, -0.2) is 0 Å². The van der Waals surface area contributed by atoms with E-state index in [4.69, 9.17) is 4.74 Å². The Hall–Kier alpha value is -2.47. The third-order valence-electron chi connectivity index (χ3n) is 4.08. The third kappa shape index (κ3) is 3.64. The maximum absolute atomic E-state index is 12.1. The number of hydrogen-bond acceptors (Lipinski definition) is 4. The fraction of sp³-hybridized carbons (Fsp3) is 0.211. The number of ether oxygens (including phenoxy) is 1. The van der Waals surface area contributed by atoms with Crippen LogP contribution < -0.4 is 5.32 Å². The Kier molecular flexibility index (Phi) is 4.99. The molecule has 0 spiro atoms. The monoisotopic (exact) mass is 401 g/mol. The molecule has 2 amide bonds. The molecule has 0 unspecified atom stereocenters. The Balaban J connectivity index is 1.68. The number of carbonyl (C=O) groups excluding carboxylic acids is 3. The number of benzene rings is 2. The van der Waals surface area contributed by atoms with Crippen LogP contribution in [0.2, 0.25) is 0 Å². The molecular formula is C19H16BrNO4. The highest BCUT2D eigenvalue weighted by Gasteiger charge is 2.29. The standard InChI is InChI=1S/C19H16BrNO4/c1-2-12-8-11(6-7-15(12)20)10-25-16(22)9-13-4-3-5-14-17(13)19(24)21-18(14)23/h3-8H,2,9-10H2,1H3,(H,21,23,24). The zero-order valence-electron chi connectivity index (χ0n) is 13.6. The fourth-order valence-electron chi connectivity index (χ4n) is 2.80. The Morgan fingerprint density at radius 2 is 1.92 bits per heavy atom. The summed E-state index contributed by atoms with van der Waals surface area (Å²) >= 11 is 3.48. The summed E-state index contributed by atoms with van der Waals surface area (Å²) in [4.78, 5) is 35.7. The zero-order chi connectivity index (χ0) is 18.0. The van der Waals surface area contributed by atoms with Crippen LogP contribution in [0.5, 0.6) is 0 Å². The van der Waals surface area contributed by atoms with Crippen LogP contribution in [0.1, 0.15) is 44.3 Å². The van der Waals surface area contributed by atoms with Gasteiger partial charge in [-0.1, -0.05) is 47.1 Å². The van der Waals surface area contributed by atoms with Gasteiger partial charge in [-0.3, -0.25) is 19.7 Å². The van der Waals surface area contributed by atoms with Crippen molar-refractivity contribution >= 4 is 33.7 Å². The van der Waals surface area contributed by atoms with E-state index in [1.165, 1.54) is 0 Å². The number of amides is 2. The van der Waals surface area contributed by atoms with Gasteiger partial charge in [0.1, 0.15) is 6.61 Å². The van der Waals surface area contributed by atoms with Crippen LogP contribution in [-0.4, -0.2) is 17.8 Å². The molecule has 128 valence electrons. The Bertz CT molecular complexity index is 876. The van der Waals surface area contributed by atoms with E-state index >= 15 is 0 Å². The predicted octanol–water partition coefficient (Wildman–Crippen LogP) is 3.18. The first-order chi connectivity index (χ1) is 12.0. The van der Waals surface area contributed by atoms with Gasteiger partial charge in [0.05, 0.1) is 17.5 Å². The topological polar surface area (TPSA) is 72.5 Å². The van der Waals surface area contributed by atoms with Crippen molar-refractivity contribution in [1.29, 1.82) is 0 Å². The van der Waals surface area contributed by atoms with Crippen molar-refractivity contribution in [3.8, 4) is 0 Å². The van der Waals surface area contributed by atoms with Gasteiger partial charge in [-0.2, -0.15) is 0 Å². The number of fused-ring (bicyclic) bond motifs is 1. The molecule has 1 heterocycles. The highest BCUT2D eigenvalue weighted by Crippen LogP contribution is 2.22. The minimum absolute atomic E-state index is 0.0545. The van der Waals surface area contributed by atoms with E-state index in [0.29, 0.717) is 11.1 Å². The van der Waals surface area contributed by atoms with E-state index in [0.717, 1.165) is 22.0 Å². The second-order valence-electron chi connectivity index (χ2n) is 5.74. The van der Waals surface area contributed by atoms with Gasteiger partial charge in [0.2, 0.25) is 0 Å². The summed E-state index contributed by atoms with van der Waals surface area (Å²) in [5.74, 6) is -1.34. The number of aryl methyl sites for hydroxylation is 1. The van der Waals surface area contributed by atoms with E-state index in [2.05, 4.69) is 28.2 Å². The minimum atomic E-state index is -0.469. The van der Waals surface area contributed by atoms with E-state index in [9.17, 15) is 14.4 Å². The van der Waals surface area contributed by atoms with Crippen LogP contribution in [0.3, 0.4) is 0 Å². The maximum Gasteiger partial charge on any atom is 0.310 e. The molecule has 0 aliphatic carbocycles. The van der Waals surface area contributed by atoms with Crippen molar-refractivity contribution < 1.29 is 19.1 Å². The van der Waals surface area contributed by atoms with Gasteiger partial charge < -0.3 is 4.74 Å². The van der Waals surface area contributed by atoms with Gasteiger partial charge >= 0.3 is 5.97 Å². The zero-order valence-corrected chi connectivity index (χ0v) is 15.2. The summed E-state index contributed by atoms with van der Waals surface area (Å²) in [5.41, 5.74) is 3.11. The minimum Gasteiger partial charge on any atom is -0.461 e. The van der Waals surface area contributed by atoms with Gasteiger partial charge in [-0.15, -0.1) is 0 Å². The fourth-order valence-corrected chi connectivity index (χ4v) is 3.32. The summed E-state index contributed by atoms with van der Waals surface area (Å²) in [5, 5.41) is 2.24. The summed E-state index contributed by atoms with van der Waals surface area (Å²) in [6.45, 7) is 2.22. The van der Waals surface area contributed by atoms with Crippen LogP contribution in [0.15, 0.2) is 40.9 Å². The first-order valence-corrected chi connectivity index (χ1v) is 8.69. The molecule has 2 aromatic rings. The summed E-state index contributed by atoms with van der Waals surface area (Å²) in [6, 6.07) is 10.7. The largest absolute Gasteiger partial charge is 0.461 e. The molecule has 0 fully saturated rings. The molecule has 0 saturated heterocycles. The van der Waals surface area contributed by atoms with E-state index < -0.39 is 17.8 Å². The number of imide groups is 1. The lowest BCUT2D eigenvalue weighted by atomic mass is 10.0. The number of hydrogen-bond donors (Lipinski definition) is 1. The van der Waals surface area contributed by atoms with Crippen molar-refractivity contribution in [2.24, 2.45) is 0 Å². The predicted molar refractivity (Wildman–Crippen MR) is 95.3 cm³/mol. The number of esters is 1. The highest BCUT2D eigenvalue weighted by molar-refractivity contribution is 9.10. The second-order valence-corrected chi connectivity index (χ2v) is 6.59. The SMILES string of the molecule is CCc1cc(COC(=O)Cc2cccc3c2C(=O)NC3=O)ccc1Br. The maximum atomic E-state index is 12.1. The molecule has 0 saturated carbocycles. The highest BCUT2D eigenvalue weighted by atomic mass is 79.9. The van der Waals surface area contributed by atoms with Crippen molar-refractivity contribution in [2.45, 2.75) is 26.4 Å². The van der Waals surface area contributed by atoms with E-state index in [-0.39, 0.29) is 18.6 Å². The summed E-state index contributed by atoms with van der Waals surface area (Å²) < 4.78 is 6.35. The molecule has 25 heavy (non-hydrogen) atoms. The summed E-state index contributed by atoms with van der Waals surface area (Å²) in [6.07, 6.45) is 0.822. The normalized spacial score (nSPS) is 12.7. The number of nitrogens with one attached hydrogen (secondary N) is 1. The van der Waals surface area contributed by atoms with Crippen LogP contribution in [0.25, 0.3) is 0 Å². The molecule has 1 aliphatic rings. The Morgan fingerprint density at radius 3 is 2.68 bits per heavy atom.